The molecule has 90 valence electrons. The topological polar surface area (TPSA) is 63.6 Å². The van der Waals surface area contributed by atoms with E-state index in [-0.39, 0.29) is 16.4 Å². The van der Waals surface area contributed by atoms with Gasteiger partial charge in [-0.2, -0.15) is 12.8 Å². The monoisotopic (exact) mass is 279 g/mol. The van der Waals surface area contributed by atoms with Gasteiger partial charge in [-0.05, 0) is 36.4 Å². The van der Waals surface area contributed by atoms with Crippen molar-refractivity contribution in [2.75, 3.05) is 0 Å². The fourth-order valence-corrected chi connectivity index (χ4v) is 3.30. The molecule has 1 aromatic rings. The molecule has 1 aromatic carbocycles. The van der Waals surface area contributed by atoms with Gasteiger partial charge in [0, 0.05) is 16.2 Å². The highest BCUT2D eigenvalue weighted by Gasteiger charge is 2.29. The van der Waals surface area contributed by atoms with Crippen LogP contribution in [-0.4, -0.2) is 19.9 Å². The second kappa shape index (κ2) is 3.63. The molecule has 0 bridgehead atoms. The van der Waals surface area contributed by atoms with E-state index in [4.69, 9.17) is 11.6 Å². The van der Waals surface area contributed by atoms with Gasteiger partial charge in [0.05, 0.1) is 10.6 Å². The van der Waals surface area contributed by atoms with Crippen LogP contribution in [0.2, 0.25) is 5.02 Å². The molecule has 0 unspecified atom stereocenters. The average molecular weight is 280 g/mol. The first kappa shape index (κ1) is 11.4. The maximum absolute atomic E-state index is 11.9. The van der Waals surface area contributed by atoms with Crippen molar-refractivity contribution >= 4 is 38.7 Å². The summed E-state index contributed by atoms with van der Waals surface area (Å²) in [5.74, 6) is -0.200. The number of allylic oxidation sites excluding steroid dienone is 4. The van der Waals surface area contributed by atoms with Gasteiger partial charge in [0.15, 0.2) is 5.78 Å². The molecular formula is C12H6ClNO3S. The molecule has 1 heterocycles. The van der Waals surface area contributed by atoms with Crippen LogP contribution in [-0.2, 0) is 14.8 Å². The molecule has 6 heteroatoms. The Bertz CT molecular complexity index is 773. The summed E-state index contributed by atoms with van der Waals surface area (Å²) >= 11 is 5.87. The number of carbonyl (C=O) groups is 1. The van der Waals surface area contributed by atoms with Crippen LogP contribution in [0.25, 0.3) is 5.57 Å². The Labute approximate surface area is 108 Å². The van der Waals surface area contributed by atoms with Gasteiger partial charge in [0.2, 0.25) is 0 Å². The molecule has 4 nitrogen and oxygen atoms in total. The van der Waals surface area contributed by atoms with Crippen molar-refractivity contribution in [3.05, 3.63) is 47.0 Å². The lowest BCUT2D eigenvalue weighted by Crippen LogP contribution is -2.17. The zero-order chi connectivity index (χ0) is 12.9. The number of hydrogen-bond donors (Lipinski definition) is 0. The van der Waals surface area contributed by atoms with E-state index in [1.54, 1.807) is 0 Å². The summed E-state index contributed by atoms with van der Waals surface area (Å²) in [7, 11) is -3.72. The van der Waals surface area contributed by atoms with Gasteiger partial charge in [-0.25, -0.2) is 0 Å². The quantitative estimate of drug-likeness (QED) is 0.682. The van der Waals surface area contributed by atoms with E-state index in [1.165, 1.54) is 36.4 Å². The number of fused-ring (bicyclic) bond motifs is 3. The van der Waals surface area contributed by atoms with Crippen LogP contribution >= 0.6 is 11.6 Å². The first-order valence-corrected chi connectivity index (χ1v) is 6.88. The highest BCUT2D eigenvalue weighted by Crippen LogP contribution is 2.34. The molecule has 0 amide bonds. The number of benzene rings is 1. The van der Waals surface area contributed by atoms with Gasteiger partial charge < -0.3 is 0 Å². The number of hydrogen-bond acceptors (Lipinski definition) is 3. The predicted molar refractivity (Wildman–Crippen MR) is 68.2 cm³/mol. The molecule has 0 radical (unpaired) electrons. The van der Waals surface area contributed by atoms with Crippen LogP contribution in [0.3, 0.4) is 0 Å². The van der Waals surface area contributed by atoms with E-state index in [0.717, 1.165) is 0 Å². The Morgan fingerprint density at radius 3 is 2.72 bits per heavy atom. The van der Waals surface area contributed by atoms with Crippen molar-refractivity contribution in [1.82, 2.24) is 0 Å². The number of carbonyl (C=O) groups excluding carboxylic acids is 1. The van der Waals surface area contributed by atoms with Crippen molar-refractivity contribution < 1.29 is 13.2 Å². The van der Waals surface area contributed by atoms with E-state index in [0.29, 0.717) is 16.2 Å². The molecule has 3 rings (SSSR count). The minimum absolute atomic E-state index is 0.0741. The Morgan fingerprint density at radius 2 is 1.94 bits per heavy atom. The maximum atomic E-state index is 11.9. The fourth-order valence-electron chi connectivity index (χ4n) is 1.93. The van der Waals surface area contributed by atoms with E-state index in [9.17, 15) is 13.2 Å². The highest BCUT2D eigenvalue weighted by molar-refractivity contribution is 7.90. The second-order valence-corrected chi connectivity index (χ2v) is 5.89. The third-order valence-corrected chi connectivity index (χ3v) is 4.28. The zero-order valence-electron chi connectivity index (χ0n) is 8.92. The Balaban J connectivity index is 2.39. The van der Waals surface area contributed by atoms with Gasteiger partial charge in [0.1, 0.15) is 0 Å². The molecule has 2 aliphatic rings. The van der Waals surface area contributed by atoms with Gasteiger partial charge in [-0.15, -0.1) is 0 Å². The molecule has 18 heavy (non-hydrogen) atoms. The SMILES string of the molecule is O=C1C=CC2=NS(=O)(=O)c3ccc(Cl)cc3C2=C1. The van der Waals surface area contributed by atoms with Gasteiger partial charge in [-0.3, -0.25) is 4.79 Å². The number of sulfonamides is 1. The van der Waals surface area contributed by atoms with Crippen molar-refractivity contribution in [1.29, 1.82) is 0 Å². The maximum Gasteiger partial charge on any atom is 0.283 e. The van der Waals surface area contributed by atoms with Crippen LogP contribution in [0.1, 0.15) is 5.56 Å². The van der Waals surface area contributed by atoms with Gasteiger partial charge in [0.25, 0.3) is 10.0 Å². The van der Waals surface area contributed by atoms with E-state index in [1.807, 2.05) is 0 Å². The summed E-state index contributed by atoms with van der Waals surface area (Å²) in [4.78, 5) is 11.4. The first-order valence-electron chi connectivity index (χ1n) is 5.06. The summed E-state index contributed by atoms with van der Waals surface area (Å²) in [6, 6.07) is 4.41. The van der Waals surface area contributed by atoms with Crippen LogP contribution < -0.4 is 0 Å². The molecule has 0 aromatic heterocycles. The van der Waals surface area contributed by atoms with Crippen molar-refractivity contribution in [2.45, 2.75) is 4.90 Å². The fraction of sp³-hybridized carbons (Fsp3) is 0. The minimum atomic E-state index is -3.72. The van der Waals surface area contributed by atoms with Crippen LogP contribution in [0.4, 0.5) is 0 Å². The van der Waals surface area contributed by atoms with Gasteiger partial charge in [-0.1, -0.05) is 11.6 Å². The third kappa shape index (κ3) is 1.63. The van der Waals surface area contributed by atoms with Crippen LogP contribution in [0, 0.1) is 0 Å². The van der Waals surface area contributed by atoms with E-state index in [2.05, 4.69) is 4.40 Å². The lowest BCUT2D eigenvalue weighted by molar-refractivity contribution is -0.110. The Morgan fingerprint density at radius 1 is 1.17 bits per heavy atom. The largest absolute Gasteiger partial charge is 0.290 e. The second-order valence-electron chi connectivity index (χ2n) is 3.89. The molecule has 0 fully saturated rings. The molecule has 0 saturated heterocycles. The molecule has 1 aliphatic carbocycles. The van der Waals surface area contributed by atoms with Crippen molar-refractivity contribution in [3.8, 4) is 0 Å². The van der Waals surface area contributed by atoms with Gasteiger partial charge >= 0.3 is 0 Å². The predicted octanol–water partition coefficient (Wildman–Crippen LogP) is 2.01. The summed E-state index contributed by atoms with van der Waals surface area (Å²) < 4.78 is 27.6. The average Bonchev–Trinajstić information content (AvgIpc) is 2.30. The standard InChI is InChI=1S/C12H6ClNO3S/c13-7-1-4-12-10(5-7)9-6-8(15)2-3-11(9)14-18(12,16)17/h1-6H. The number of nitrogens with zero attached hydrogens (tertiary/aromatic N) is 1. The highest BCUT2D eigenvalue weighted by atomic mass is 35.5. The smallest absolute Gasteiger partial charge is 0.283 e. The summed E-state index contributed by atoms with van der Waals surface area (Å²) in [6.45, 7) is 0. The molecule has 1 aliphatic heterocycles. The molecule has 0 saturated carbocycles. The minimum Gasteiger partial charge on any atom is -0.290 e. The number of halogens is 1. The summed E-state index contributed by atoms with van der Waals surface area (Å²) in [6.07, 6.45) is 4.05. The van der Waals surface area contributed by atoms with Crippen LogP contribution in [0.15, 0.2) is 45.7 Å². The lowest BCUT2D eigenvalue weighted by atomic mass is 9.95. The Kier molecular flexibility index (Phi) is 2.30. The number of rotatable bonds is 0. The number of ketones is 1. The molecular weight excluding hydrogens is 274 g/mol. The summed E-state index contributed by atoms with van der Waals surface area (Å²) in [5.41, 5.74) is 1.18. The third-order valence-electron chi connectivity index (χ3n) is 2.70. The zero-order valence-corrected chi connectivity index (χ0v) is 10.5. The van der Waals surface area contributed by atoms with Crippen LogP contribution in [0.5, 0.6) is 0 Å². The first-order chi connectivity index (χ1) is 8.47. The van der Waals surface area contributed by atoms with Crippen molar-refractivity contribution in [3.63, 3.8) is 0 Å². The Hall–Kier alpha value is -1.72. The van der Waals surface area contributed by atoms with E-state index >= 15 is 0 Å². The lowest BCUT2D eigenvalue weighted by Gasteiger charge is -2.19. The van der Waals surface area contributed by atoms with Crippen molar-refractivity contribution in [2.24, 2.45) is 4.40 Å². The summed E-state index contributed by atoms with van der Waals surface area (Å²) in [5, 5.41) is 0.410. The normalized spacial score (nSPS) is 19.7. The molecule has 0 atom stereocenters. The van der Waals surface area contributed by atoms with E-state index < -0.39 is 10.0 Å². The molecule has 0 N–H and O–H groups in total. The molecule has 0 spiro atoms.